The Bertz CT molecular complexity index is 316. The van der Waals surface area contributed by atoms with Gasteiger partial charge in [0, 0.05) is 11.8 Å². The monoisotopic (exact) mass is 246 g/mol. The molecule has 0 aliphatic rings. The number of anilines is 1. The Labute approximate surface area is 83.7 Å². The molecule has 3 nitrogen and oxygen atoms in total. The van der Waals surface area contributed by atoms with Gasteiger partial charge in [0.05, 0.1) is 4.47 Å². The van der Waals surface area contributed by atoms with Gasteiger partial charge >= 0.3 is 0 Å². The third-order valence-electron chi connectivity index (χ3n) is 1.21. The zero-order valence-electron chi connectivity index (χ0n) is 6.04. The van der Waals surface area contributed by atoms with Crippen LogP contribution in [-0.4, -0.2) is 10.2 Å². The summed E-state index contributed by atoms with van der Waals surface area (Å²) < 4.78 is 0.635. The first-order valence-corrected chi connectivity index (χ1v) is 4.34. The quantitative estimate of drug-likeness (QED) is 0.662. The van der Waals surface area contributed by atoms with Crippen molar-refractivity contribution >= 4 is 38.9 Å². The SMILES string of the molecule is NC(=S)Nc1ccc(Br)c(O)c1. The van der Waals surface area contributed by atoms with Crippen LogP contribution in [0.15, 0.2) is 22.7 Å². The van der Waals surface area contributed by atoms with E-state index in [4.69, 9.17) is 5.73 Å². The highest BCUT2D eigenvalue weighted by atomic mass is 79.9. The minimum absolute atomic E-state index is 0.149. The van der Waals surface area contributed by atoms with Gasteiger partial charge in [-0.05, 0) is 40.3 Å². The number of phenolic OH excluding ortho intramolecular Hbond substituents is 1. The Morgan fingerprint density at radius 3 is 2.75 bits per heavy atom. The lowest BCUT2D eigenvalue weighted by Crippen LogP contribution is -2.18. The molecule has 0 radical (unpaired) electrons. The van der Waals surface area contributed by atoms with Crippen molar-refractivity contribution in [3.8, 4) is 5.75 Å². The van der Waals surface area contributed by atoms with E-state index in [2.05, 4.69) is 33.5 Å². The highest BCUT2D eigenvalue weighted by Crippen LogP contribution is 2.26. The lowest BCUT2D eigenvalue weighted by molar-refractivity contribution is 0.472. The van der Waals surface area contributed by atoms with E-state index >= 15 is 0 Å². The first kappa shape index (κ1) is 9.28. The smallest absolute Gasteiger partial charge is 0.168 e. The lowest BCUT2D eigenvalue weighted by atomic mass is 10.3. The highest BCUT2D eigenvalue weighted by molar-refractivity contribution is 9.10. The average molecular weight is 247 g/mol. The highest BCUT2D eigenvalue weighted by Gasteiger charge is 1.98. The number of halogens is 1. The van der Waals surface area contributed by atoms with Gasteiger partial charge in [0.15, 0.2) is 5.11 Å². The summed E-state index contributed by atoms with van der Waals surface area (Å²) in [5, 5.41) is 12.1. The molecule has 5 heteroatoms. The molecular formula is C7H7BrN2OS. The molecular weight excluding hydrogens is 240 g/mol. The Morgan fingerprint density at radius 1 is 1.58 bits per heavy atom. The van der Waals surface area contributed by atoms with Gasteiger partial charge in [-0.1, -0.05) is 0 Å². The molecule has 0 unspecified atom stereocenters. The molecule has 0 saturated heterocycles. The van der Waals surface area contributed by atoms with Gasteiger partial charge in [-0.25, -0.2) is 0 Å². The molecule has 0 spiro atoms. The number of hydrogen-bond donors (Lipinski definition) is 3. The van der Waals surface area contributed by atoms with Gasteiger partial charge in [-0.2, -0.15) is 0 Å². The Kier molecular flexibility index (Phi) is 2.88. The van der Waals surface area contributed by atoms with Crippen LogP contribution in [0.1, 0.15) is 0 Å². The van der Waals surface area contributed by atoms with Crippen LogP contribution in [-0.2, 0) is 0 Å². The number of aromatic hydroxyl groups is 1. The number of thiocarbonyl (C=S) groups is 1. The molecule has 0 fully saturated rings. The molecule has 1 rings (SSSR count). The van der Waals surface area contributed by atoms with Crippen molar-refractivity contribution in [3.63, 3.8) is 0 Å². The summed E-state index contributed by atoms with van der Waals surface area (Å²) in [6.07, 6.45) is 0. The van der Waals surface area contributed by atoms with Crippen LogP contribution in [0.25, 0.3) is 0 Å². The summed E-state index contributed by atoms with van der Waals surface area (Å²) in [4.78, 5) is 0. The average Bonchev–Trinajstić information content (AvgIpc) is 1.96. The maximum absolute atomic E-state index is 9.24. The molecule has 1 aromatic carbocycles. The van der Waals surface area contributed by atoms with Crippen molar-refractivity contribution in [2.75, 3.05) is 5.32 Å². The van der Waals surface area contributed by atoms with Crippen molar-refractivity contribution in [3.05, 3.63) is 22.7 Å². The molecule has 4 N–H and O–H groups in total. The van der Waals surface area contributed by atoms with Crippen LogP contribution in [0.5, 0.6) is 5.75 Å². The van der Waals surface area contributed by atoms with Crippen molar-refractivity contribution in [2.24, 2.45) is 5.73 Å². The summed E-state index contributed by atoms with van der Waals surface area (Å²) in [7, 11) is 0. The molecule has 0 aliphatic carbocycles. The summed E-state index contributed by atoms with van der Waals surface area (Å²) in [6, 6.07) is 4.99. The second-order valence-electron chi connectivity index (χ2n) is 2.16. The predicted molar refractivity (Wildman–Crippen MR) is 56.2 cm³/mol. The van der Waals surface area contributed by atoms with Crippen molar-refractivity contribution < 1.29 is 5.11 Å². The van der Waals surface area contributed by atoms with Gasteiger partial charge in [0.25, 0.3) is 0 Å². The molecule has 64 valence electrons. The molecule has 0 aromatic heterocycles. The second-order valence-corrected chi connectivity index (χ2v) is 3.45. The van der Waals surface area contributed by atoms with Crippen LogP contribution < -0.4 is 11.1 Å². The molecule has 0 amide bonds. The van der Waals surface area contributed by atoms with Crippen LogP contribution in [0.2, 0.25) is 0 Å². The normalized spacial score (nSPS) is 9.42. The predicted octanol–water partition coefficient (Wildman–Crippen LogP) is 1.81. The van der Waals surface area contributed by atoms with Crippen LogP contribution in [0.3, 0.4) is 0 Å². The third-order valence-corrected chi connectivity index (χ3v) is 1.99. The Hall–Kier alpha value is -0.810. The lowest BCUT2D eigenvalue weighted by Gasteiger charge is -2.04. The van der Waals surface area contributed by atoms with E-state index < -0.39 is 0 Å². The number of hydrogen-bond acceptors (Lipinski definition) is 2. The van der Waals surface area contributed by atoms with Crippen LogP contribution in [0, 0.1) is 0 Å². The minimum Gasteiger partial charge on any atom is -0.507 e. The van der Waals surface area contributed by atoms with E-state index in [-0.39, 0.29) is 10.9 Å². The van der Waals surface area contributed by atoms with Gasteiger partial charge in [0.2, 0.25) is 0 Å². The number of nitrogens with two attached hydrogens (primary N) is 1. The standard InChI is InChI=1S/C7H7BrN2OS/c8-5-2-1-4(3-6(5)11)10-7(9)12/h1-3,11H,(H3,9,10,12). The van der Waals surface area contributed by atoms with E-state index in [1.807, 2.05) is 0 Å². The molecule has 0 aliphatic heterocycles. The second kappa shape index (κ2) is 3.73. The van der Waals surface area contributed by atoms with Crippen LogP contribution >= 0.6 is 28.1 Å². The van der Waals surface area contributed by atoms with E-state index in [9.17, 15) is 5.11 Å². The largest absolute Gasteiger partial charge is 0.507 e. The number of benzene rings is 1. The zero-order valence-corrected chi connectivity index (χ0v) is 8.45. The number of rotatable bonds is 1. The molecule has 0 heterocycles. The van der Waals surface area contributed by atoms with E-state index in [0.29, 0.717) is 10.2 Å². The van der Waals surface area contributed by atoms with Crippen molar-refractivity contribution in [1.82, 2.24) is 0 Å². The molecule has 1 aromatic rings. The summed E-state index contributed by atoms with van der Waals surface area (Å²) in [5.74, 6) is 0.149. The molecule has 0 atom stereocenters. The van der Waals surface area contributed by atoms with Crippen molar-refractivity contribution in [2.45, 2.75) is 0 Å². The summed E-state index contributed by atoms with van der Waals surface area (Å²) in [6.45, 7) is 0. The first-order chi connectivity index (χ1) is 5.59. The Balaban J connectivity index is 2.89. The fraction of sp³-hybridized carbons (Fsp3) is 0. The number of phenols is 1. The zero-order chi connectivity index (χ0) is 9.14. The Morgan fingerprint density at radius 2 is 2.25 bits per heavy atom. The van der Waals surface area contributed by atoms with Gasteiger partial charge < -0.3 is 16.2 Å². The number of nitrogens with one attached hydrogen (secondary N) is 1. The maximum atomic E-state index is 9.24. The topological polar surface area (TPSA) is 58.3 Å². The van der Waals surface area contributed by atoms with E-state index in [0.717, 1.165) is 0 Å². The van der Waals surface area contributed by atoms with E-state index in [1.165, 1.54) is 6.07 Å². The molecule has 0 saturated carbocycles. The summed E-state index contributed by atoms with van der Waals surface area (Å²) >= 11 is 7.78. The maximum Gasteiger partial charge on any atom is 0.168 e. The molecule has 0 bridgehead atoms. The van der Waals surface area contributed by atoms with E-state index in [1.54, 1.807) is 12.1 Å². The fourth-order valence-corrected chi connectivity index (χ4v) is 1.10. The first-order valence-electron chi connectivity index (χ1n) is 3.14. The summed E-state index contributed by atoms with van der Waals surface area (Å²) in [5.41, 5.74) is 5.91. The van der Waals surface area contributed by atoms with Crippen LogP contribution in [0.4, 0.5) is 5.69 Å². The van der Waals surface area contributed by atoms with Crippen molar-refractivity contribution in [1.29, 1.82) is 0 Å². The van der Waals surface area contributed by atoms with Gasteiger partial charge in [0.1, 0.15) is 5.75 Å². The minimum atomic E-state index is 0.149. The van der Waals surface area contributed by atoms with Gasteiger partial charge in [-0.15, -0.1) is 0 Å². The van der Waals surface area contributed by atoms with Gasteiger partial charge in [-0.3, -0.25) is 0 Å². The molecule has 12 heavy (non-hydrogen) atoms. The fourth-order valence-electron chi connectivity index (χ4n) is 0.733. The third kappa shape index (κ3) is 2.35.